The Bertz CT molecular complexity index is 935. The van der Waals surface area contributed by atoms with Gasteiger partial charge in [0.25, 0.3) is 0 Å². The predicted octanol–water partition coefficient (Wildman–Crippen LogP) is 3.12. The molecule has 0 atom stereocenters. The molecule has 0 unspecified atom stereocenters. The highest BCUT2D eigenvalue weighted by Crippen LogP contribution is 2.30. The van der Waals surface area contributed by atoms with E-state index in [0.29, 0.717) is 5.56 Å². The number of hydrogen-bond donors (Lipinski definition) is 1. The summed E-state index contributed by atoms with van der Waals surface area (Å²) in [5.41, 5.74) is 6.29. The molecule has 0 saturated heterocycles. The number of ether oxygens (including phenoxy) is 1. The normalized spacial score (nSPS) is 14.7. The van der Waals surface area contributed by atoms with Crippen molar-refractivity contribution in [1.29, 1.82) is 0 Å². The van der Waals surface area contributed by atoms with E-state index in [-0.39, 0.29) is 5.97 Å². The number of fused-ring (bicyclic) bond motifs is 3. The van der Waals surface area contributed by atoms with Gasteiger partial charge in [-0.2, -0.15) is 0 Å². The van der Waals surface area contributed by atoms with Gasteiger partial charge in [0.2, 0.25) is 0 Å². The third-order valence-corrected chi connectivity index (χ3v) is 5.04. The molecule has 2 aromatic heterocycles. The lowest BCUT2D eigenvalue weighted by atomic mass is 10.0. The van der Waals surface area contributed by atoms with Crippen LogP contribution in [-0.2, 0) is 24.2 Å². The minimum absolute atomic E-state index is 0.305. The van der Waals surface area contributed by atoms with Gasteiger partial charge in [-0.15, -0.1) is 0 Å². The topological polar surface area (TPSA) is 71.4 Å². The number of hydrogen-bond acceptors (Lipinski definition) is 5. The largest absolute Gasteiger partial charge is 0.465 e. The minimum atomic E-state index is -0.305. The second-order valence-electron chi connectivity index (χ2n) is 6.60. The van der Waals surface area contributed by atoms with Gasteiger partial charge in [0, 0.05) is 48.2 Å². The number of nitrogens with zero attached hydrogens (tertiary/aromatic N) is 2. The van der Waals surface area contributed by atoms with Crippen molar-refractivity contribution in [2.75, 3.05) is 13.7 Å². The summed E-state index contributed by atoms with van der Waals surface area (Å²) in [4.78, 5) is 17.7. The van der Waals surface area contributed by atoms with Crippen molar-refractivity contribution >= 4 is 16.9 Å². The van der Waals surface area contributed by atoms with Crippen LogP contribution in [0.1, 0.15) is 38.6 Å². The van der Waals surface area contributed by atoms with E-state index in [0.717, 1.165) is 48.4 Å². The Kier molecular flexibility index (Phi) is 3.84. The van der Waals surface area contributed by atoms with Crippen molar-refractivity contribution in [3.05, 3.63) is 52.0 Å². The van der Waals surface area contributed by atoms with Gasteiger partial charge in [-0.05, 0) is 37.6 Å². The van der Waals surface area contributed by atoms with Crippen LogP contribution < -0.4 is 0 Å². The molecule has 130 valence electrons. The van der Waals surface area contributed by atoms with Crippen molar-refractivity contribution in [2.24, 2.45) is 0 Å². The van der Waals surface area contributed by atoms with E-state index in [1.807, 2.05) is 26.0 Å². The van der Waals surface area contributed by atoms with E-state index < -0.39 is 0 Å². The molecule has 1 aliphatic heterocycles. The van der Waals surface area contributed by atoms with Gasteiger partial charge in [0.1, 0.15) is 5.76 Å². The summed E-state index contributed by atoms with van der Waals surface area (Å²) >= 11 is 0. The number of nitrogens with one attached hydrogen (secondary N) is 1. The number of carbonyl (C=O) groups excluding carboxylic acids is 1. The van der Waals surface area contributed by atoms with Crippen molar-refractivity contribution in [3.63, 3.8) is 0 Å². The number of benzene rings is 1. The van der Waals surface area contributed by atoms with Crippen LogP contribution in [0.4, 0.5) is 0 Å². The second-order valence-corrected chi connectivity index (χ2v) is 6.60. The summed E-state index contributed by atoms with van der Waals surface area (Å²) < 4.78 is 10.1. The van der Waals surface area contributed by atoms with Gasteiger partial charge in [-0.3, -0.25) is 4.90 Å². The molecule has 25 heavy (non-hydrogen) atoms. The maximum absolute atomic E-state index is 11.8. The fourth-order valence-electron chi connectivity index (χ4n) is 3.60. The Balaban J connectivity index is 1.66. The molecule has 0 saturated carbocycles. The molecule has 1 aliphatic rings. The number of carbonyl (C=O) groups is 1. The molecule has 0 radical (unpaired) electrons. The van der Waals surface area contributed by atoms with E-state index >= 15 is 0 Å². The van der Waals surface area contributed by atoms with Crippen LogP contribution in [0.25, 0.3) is 10.9 Å². The number of aromatic amines is 1. The quantitative estimate of drug-likeness (QED) is 0.742. The monoisotopic (exact) mass is 339 g/mol. The average Bonchev–Trinajstić information content (AvgIpc) is 3.15. The Hall–Kier alpha value is -2.60. The molecular weight excluding hydrogens is 318 g/mol. The van der Waals surface area contributed by atoms with E-state index in [4.69, 9.17) is 9.26 Å². The van der Waals surface area contributed by atoms with Gasteiger partial charge < -0.3 is 14.2 Å². The van der Waals surface area contributed by atoms with Gasteiger partial charge in [0.15, 0.2) is 0 Å². The summed E-state index contributed by atoms with van der Waals surface area (Å²) in [6.45, 7) is 6.58. The summed E-state index contributed by atoms with van der Waals surface area (Å²) in [5.74, 6) is 0.579. The molecule has 3 heterocycles. The van der Waals surface area contributed by atoms with E-state index in [2.05, 4.69) is 15.0 Å². The lowest BCUT2D eigenvalue weighted by molar-refractivity contribution is 0.0601. The van der Waals surface area contributed by atoms with Gasteiger partial charge >= 0.3 is 5.97 Å². The molecule has 4 rings (SSSR count). The average molecular weight is 339 g/mol. The first-order valence-electron chi connectivity index (χ1n) is 8.42. The molecule has 0 spiro atoms. The highest BCUT2D eigenvalue weighted by molar-refractivity contribution is 5.96. The zero-order valence-electron chi connectivity index (χ0n) is 14.7. The third-order valence-electron chi connectivity index (χ3n) is 5.04. The lowest BCUT2D eigenvalue weighted by Crippen LogP contribution is -2.30. The van der Waals surface area contributed by atoms with Gasteiger partial charge in [-0.25, -0.2) is 4.79 Å². The van der Waals surface area contributed by atoms with Gasteiger partial charge in [-0.1, -0.05) is 5.16 Å². The Morgan fingerprint density at radius 2 is 2.24 bits per heavy atom. The first-order chi connectivity index (χ1) is 12.1. The summed E-state index contributed by atoms with van der Waals surface area (Å²) in [6.07, 6.45) is 0.959. The molecule has 3 aromatic rings. The van der Waals surface area contributed by atoms with Crippen LogP contribution in [-0.4, -0.2) is 34.7 Å². The number of methoxy groups -OCH3 is 1. The third kappa shape index (κ3) is 2.72. The zero-order chi connectivity index (χ0) is 17.6. The standard InChI is InChI=1S/C19H21N3O3/c1-11-15(12(2)25-21-11)9-22-7-6-18-16(10-22)14-8-13(19(23)24-3)4-5-17(14)20-18/h4-5,8,20H,6-7,9-10H2,1-3H3. The van der Waals surface area contributed by atoms with E-state index in [1.165, 1.54) is 23.9 Å². The smallest absolute Gasteiger partial charge is 0.337 e. The van der Waals surface area contributed by atoms with Crippen LogP contribution >= 0.6 is 0 Å². The highest BCUT2D eigenvalue weighted by atomic mass is 16.5. The highest BCUT2D eigenvalue weighted by Gasteiger charge is 2.23. The van der Waals surface area contributed by atoms with Crippen LogP contribution in [0.3, 0.4) is 0 Å². The van der Waals surface area contributed by atoms with Gasteiger partial charge in [0.05, 0.1) is 18.4 Å². The molecule has 0 aliphatic carbocycles. The molecule has 1 aromatic carbocycles. The van der Waals surface area contributed by atoms with Crippen LogP contribution in [0, 0.1) is 13.8 Å². The lowest BCUT2D eigenvalue weighted by Gasteiger charge is -2.27. The molecule has 0 amide bonds. The van der Waals surface area contributed by atoms with Crippen LogP contribution in [0.5, 0.6) is 0 Å². The molecule has 6 heteroatoms. The molecule has 1 N–H and O–H groups in total. The summed E-state index contributed by atoms with van der Waals surface area (Å²) in [7, 11) is 1.41. The maximum atomic E-state index is 11.8. The number of esters is 1. The van der Waals surface area contributed by atoms with Crippen molar-refractivity contribution < 1.29 is 14.1 Å². The zero-order valence-corrected chi connectivity index (χ0v) is 14.7. The van der Waals surface area contributed by atoms with E-state index in [9.17, 15) is 4.79 Å². The molecule has 6 nitrogen and oxygen atoms in total. The first kappa shape index (κ1) is 15.9. The molecule has 0 bridgehead atoms. The Labute approximate surface area is 145 Å². The Morgan fingerprint density at radius 3 is 2.96 bits per heavy atom. The van der Waals surface area contributed by atoms with Crippen molar-refractivity contribution in [2.45, 2.75) is 33.4 Å². The number of aryl methyl sites for hydroxylation is 2. The molecule has 0 fully saturated rings. The number of aromatic nitrogens is 2. The van der Waals surface area contributed by atoms with Crippen LogP contribution in [0.2, 0.25) is 0 Å². The maximum Gasteiger partial charge on any atom is 0.337 e. The summed E-state index contributed by atoms with van der Waals surface area (Å²) in [5, 5.41) is 5.15. The number of rotatable bonds is 3. The van der Waals surface area contributed by atoms with Crippen LogP contribution in [0.15, 0.2) is 22.7 Å². The first-order valence-corrected chi connectivity index (χ1v) is 8.42. The summed E-state index contributed by atoms with van der Waals surface area (Å²) in [6, 6.07) is 5.69. The fraction of sp³-hybridized carbons (Fsp3) is 0.368. The molecular formula is C19H21N3O3. The van der Waals surface area contributed by atoms with E-state index in [1.54, 1.807) is 6.07 Å². The van der Waals surface area contributed by atoms with Crippen molar-refractivity contribution in [3.8, 4) is 0 Å². The second kappa shape index (κ2) is 6.04. The minimum Gasteiger partial charge on any atom is -0.465 e. The fourth-order valence-corrected chi connectivity index (χ4v) is 3.60. The Morgan fingerprint density at radius 1 is 1.40 bits per heavy atom. The number of H-pyrrole nitrogens is 1. The predicted molar refractivity (Wildman–Crippen MR) is 93.4 cm³/mol. The van der Waals surface area contributed by atoms with Crippen molar-refractivity contribution in [1.82, 2.24) is 15.0 Å². The SMILES string of the molecule is COC(=O)c1ccc2[nH]c3c(c2c1)CN(Cc1c(C)noc1C)CC3.